The fourth-order valence-electron chi connectivity index (χ4n) is 2.17. The Kier molecular flexibility index (Phi) is 3.15. The highest BCUT2D eigenvalue weighted by Gasteiger charge is 2.32. The van der Waals surface area contributed by atoms with Crippen molar-refractivity contribution >= 4 is 0 Å². The van der Waals surface area contributed by atoms with Gasteiger partial charge < -0.3 is 9.57 Å². The van der Waals surface area contributed by atoms with Gasteiger partial charge in [0.1, 0.15) is 11.9 Å². The van der Waals surface area contributed by atoms with E-state index in [1.54, 1.807) is 7.11 Å². The van der Waals surface area contributed by atoms with Crippen molar-refractivity contribution in [1.82, 2.24) is 5.48 Å². The fraction of sp³-hybridized carbons (Fsp3) is 0.571. The molecule has 1 N–H and O–H groups in total. The highest BCUT2D eigenvalue weighted by molar-refractivity contribution is 5.44. The monoisotopic (exact) mass is 235 g/mol. The van der Waals surface area contributed by atoms with E-state index in [2.05, 4.69) is 44.5 Å². The first-order chi connectivity index (χ1) is 7.93. The van der Waals surface area contributed by atoms with E-state index < -0.39 is 0 Å². The third-order valence-corrected chi connectivity index (χ3v) is 3.24. The molecule has 0 aromatic heterocycles. The van der Waals surface area contributed by atoms with Gasteiger partial charge in [0.15, 0.2) is 0 Å². The van der Waals surface area contributed by atoms with E-state index in [4.69, 9.17) is 9.57 Å². The van der Waals surface area contributed by atoms with Gasteiger partial charge >= 0.3 is 0 Å². The Balaban J connectivity index is 2.38. The van der Waals surface area contributed by atoms with Crippen LogP contribution in [0.3, 0.4) is 0 Å². The standard InChI is InChI=1S/C14H21NO2/c1-9-13(15-16-5)11-8-10(14(2,3)4)6-7-12(11)17-9/h6-9,13,15H,1-5H3. The Morgan fingerprint density at radius 1 is 1.29 bits per heavy atom. The molecule has 1 aromatic carbocycles. The lowest BCUT2D eigenvalue weighted by atomic mass is 9.85. The lowest BCUT2D eigenvalue weighted by Crippen LogP contribution is -2.28. The lowest BCUT2D eigenvalue weighted by molar-refractivity contribution is 0.0339. The Hall–Kier alpha value is -1.06. The molecule has 1 aliphatic heterocycles. The van der Waals surface area contributed by atoms with Crippen LogP contribution in [0.4, 0.5) is 0 Å². The van der Waals surface area contributed by atoms with Crippen LogP contribution in [-0.2, 0) is 10.3 Å². The Morgan fingerprint density at radius 3 is 2.59 bits per heavy atom. The van der Waals surface area contributed by atoms with Crippen LogP contribution in [0.15, 0.2) is 18.2 Å². The minimum Gasteiger partial charge on any atom is -0.488 e. The number of nitrogens with one attached hydrogen (secondary N) is 1. The zero-order chi connectivity index (χ0) is 12.6. The third-order valence-electron chi connectivity index (χ3n) is 3.24. The van der Waals surface area contributed by atoms with E-state index in [0.717, 1.165) is 5.75 Å². The second-order valence-corrected chi connectivity index (χ2v) is 5.63. The predicted molar refractivity (Wildman–Crippen MR) is 68.1 cm³/mol. The summed E-state index contributed by atoms with van der Waals surface area (Å²) in [6.07, 6.45) is 0.0974. The summed E-state index contributed by atoms with van der Waals surface area (Å²) in [6.45, 7) is 8.69. The van der Waals surface area contributed by atoms with Crippen molar-refractivity contribution in [2.45, 2.75) is 45.3 Å². The van der Waals surface area contributed by atoms with E-state index >= 15 is 0 Å². The number of benzene rings is 1. The molecule has 0 saturated heterocycles. The van der Waals surface area contributed by atoms with Crippen molar-refractivity contribution in [3.8, 4) is 5.75 Å². The maximum absolute atomic E-state index is 5.80. The molecule has 1 aromatic rings. The minimum atomic E-state index is 0.0974. The van der Waals surface area contributed by atoms with Gasteiger partial charge in [-0.2, -0.15) is 5.48 Å². The number of hydroxylamine groups is 1. The van der Waals surface area contributed by atoms with Crippen LogP contribution in [0.2, 0.25) is 0 Å². The summed E-state index contributed by atoms with van der Waals surface area (Å²) >= 11 is 0. The van der Waals surface area contributed by atoms with Crippen LogP contribution < -0.4 is 10.2 Å². The quantitative estimate of drug-likeness (QED) is 0.799. The molecule has 0 aliphatic carbocycles. The van der Waals surface area contributed by atoms with Crippen molar-refractivity contribution in [3.63, 3.8) is 0 Å². The van der Waals surface area contributed by atoms with Crippen LogP contribution in [0.5, 0.6) is 5.75 Å². The molecule has 0 radical (unpaired) electrons. The molecule has 2 unspecified atom stereocenters. The first kappa shape index (κ1) is 12.4. The molecule has 0 spiro atoms. The van der Waals surface area contributed by atoms with Crippen molar-refractivity contribution in [1.29, 1.82) is 0 Å². The van der Waals surface area contributed by atoms with Crippen LogP contribution in [-0.4, -0.2) is 13.2 Å². The zero-order valence-corrected chi connectivity index (χ0v) is 11.2. The SMILES string of the molecule is CONC1c2cc(C(C)(C)C)ccc2OC1C. The summed E-state index contributed by atoms with van der Waals surface area (Å²) in [6, 6.07) is 6.53. The van der Waals surface area contributed by atoms with Crippen molar-refractivity contribution in [2.75, 3.05) is 7.11 Å². The molecule has 0 amide bonds. The summed E-state index contributed by atoms with van der Waals surface area (Å²) in [5, 5.41) is 0. The van der Waals surface area contributed by atoms with Crippen LogP contribution in [0.1, 0.15) is 44.9 Å². The molecule has 17 heavy (non-hydrogen) atoms. The Morgan fingerprint density at radius 2 is 2.00 bits per heavy atom. The van der Waals surface area contributed by atoms with Crippen LogP contribution in [0, 0.1) is 0 Å². The molecular weight excluding hydrogens is 214 g/mol. The largest absolute Gasteiger partial charge is 0.488 e. The average molecular weight is 235 g/mol. The lowest BCUT2D eigenvalue weighted by Gasteiger charge is -2.20. The molecule has 2 rings (SSSR count). The second-order valence-electron chi connectivity index (χ2n) is 5.63. The van der Waals surface area contributed by atoms with E-state index in [0.29, 0.717) is 0 Å². The molecular formula is C14H21NO2. The molecule has 3 nitrogen and oxygen atoms in total. The van der Waals surface area contributed by atoms with E-state index in [-0.39, 0.29) is 17.6 Å². The number of hydrogen-bond donors (Lipinski definition) is 1. The molecule has 1 heterocycles. The molecule has 3 heteroatoms. The molecule has 0 saturated carbocycles. The topological polar surface area (TPSA) is 30.5 Å². The number of rotatable bonds is 2. The summed E-state index contributed by atoms with van der Waals surface area (Å²) in [7, 11) is 1.64. The van der Waals surface area contributed by atoms with Crippen molar-refractivity contribution < 1.29 is 9.57 Å². The van der Waals surface area contributed by atoms with Gasteiger partial charge in [-0.05, 0) is 30.0 Å². The van der Waals surface area contributed by atoms with Crippen LogP contribution in [0.25, 0.3) is 0 Å². The van der Waals surface area contributed by atoms with Gasteiger partial charge in [-0.1, -0.05) is 26.8 Å². The van der Waals surface area contributed by atoms with Crippen LogP contribution >= 0.6 is 0 Å². The molecule has 0 bridgehead atoms. The summed E-state index contributed by atoms with van der Waals surface area (Å²) in [5.74, 6) is 0.958. The van der Waals surface area contributed by atoms with E-state index in [1.807, 2.05) is 6.92 Å². The smallest absolute Gasteiger partial charge is 0.124 e. The Labute approximate surface area is 103 Å². The maximum Gasteiger partial charge on any atom is 0.124 e. The molecule has 94 valence electrons. The van der Waals surface area contributed by atoms with Gasteiger partial charge in [-0.15, -0.1) is 0 Å². The van der Waals surface area contributed by atoms with Gasteiger partial charge in [0.05, 0.1) is 13.2 Å². The van der Waals surface area contributed by atoms with Crippen molar-refractivity contribution in [3.05, 3.63) is 29.3 Å². The van der Waals surface area contributed by atoms with E-state index in [9.17, 15) is 0 Å². The summed E-state index contributed by atoms with van der Waals surface area (Å²) in [5.41, 5.74) is 5.66. The van der Waals surface area contributed by atoms with Gasteiger partial charge in [0.2, 0.25) is 0 Å². The highest BCUT2D eigenvalue weighted by Crippen LogP contribution is 2.39. The second kappa shape index (κ2) is 4.31. The van der Waals surface area contributed by atoms with Crippen molar-refractivity contribution in [2.24, 2.45) is 0 Å². The Bertz CT molecular complexity index is 409. The first-order valence-electron chi connectivity index (χ1n) is 6.03. The maximum atomic E-state index is 5.80. The predicted octanol–water partition coefficient (Wildman–Crippen LogP) is 2.96. The molecule has 0 fully saturated rings. The average Bonchev–Trinajstić information content (AvgIpc) is 2.54. The molecule has 2 atom stereocenters. The fourth-order valence-corrected chi connectivity index (χ4v) is 2.17. The van der Waals surface area contributed by atoms with E-state index in [1.165, 1.54) is 11.1 Å². The third kappa shape index (κ3) is 2.31. The number of hydrogen-bond acceptors (Lipinski definition) is 3. The molecule has 1 aliphatic rings. The van der Waals surface area contributed by atoms with Gasteiger partial charge in [0.25, 0.3) is 0 Å². The summed E-state index contributed by atoms with van der Waals surface area (Å²) in [4.78, 5) is 5.05. The highest BCUT2D eigenvalue weighted by atomic mass is 16.6. The minimum absolute atomic E-state index is 0.0974. The van der Waals surface area contributed by atoms with Gasteiger partial charge in [0, 0.05) is 5.56 Å². The number of ether oxygens (including phenoxy) is 1. The van der Waals surface area contributed by atoms with Gasteiger partial charge in [-0.3, -0.25) is 0 Å². The first-order valence-corrected chi connectivity index (χ1v) is 6.03. The van der Waals surface area contributed by atoms with Gasteiger partial charge in [-0.25, -0.2) is 0 Å². The normalized spacial score (nSPS) is 23.4. The summed E-state index contributed by atoms with van der Waals surface area (Å²) < 4.78 is 5.80. The zero-order valence-electron chi connectivity index (χ0n) is 11.2. The number of fused-ring (bicyclic) bond motifs is 1.